The van der Waals surface area contributed by atoms with Crippen molar-refractivity contribution in [1.82, 2.24) is 0 Å². The first kappa shape index (κ1) is 26.0. The molecule has 0 fully saturated rings. The van der Waals surface area contributed by atoms with E-state index in [1.165, 1.54) is 57.8 Å². The second kappa shape index (κ2) is 16.7. The molecule has 30 heavy (non-hydrogen) atoms. The van der Waals surface area contributed by atoms with Crippen LogP contribution in [0.25, 0.3) is 0 Å². The molecular formula is C24H38O6. The largest absolute Gasteiger partial charge is 0.543 e. The predicted molar refractivity (Wildman–Crippen MR) is 116 cm³/mol. The van der Waals surface area contributed by atoms with Gasteiger partial charge >= 0.3 is 12.1 Å². The minimum Gasteiger partial charge on any atom is -0.432 e. The van der Waals surface area contributed by atoms with Crippen LogP contribution in [0.1, 0.15) is 105 Å². The van der Waals surface area contributed by atoms with E-state index in [9.17, 15) is 9.59 Å². The average Bonchev–Trinajstić information content (AvgIpc) is 2.73. The summed E-state index contributed by atoms with van der Waals surface area (Å²) >= 11 is 0. The summed E-state index contributed by atoms with van der Waals surface area (Å²) in [6.45, 7) is 6.32. The van der Waals surface area contributed by atoms with E-state index in [1.807, 2.05) is 13.8 Å². The summed E-state index contributed by atoms with van der Waals surface area (Å²) in [5, 5.41) is 4.22. The smallest absolute Gasteiger partial charge is 0.432 e. The van der Waals surface area contributed by atoms with Crippen LogP contribution >= 0.6 is 0 Å². The first-order valence-corrected chi connectivity index (χ1v) is 11.3. The van der Waals surface area contributed by atoms with Gasteiger partial charge in [0.25, 0.3) is 0 Å². The van der Waals surface area contributed by atoms with Gasteiger partial charge < -0.3 is 4.74 Å². The Morgan fingerprint density at radius 2 is 1.30 bits per heavy atom. The highest BCUT2D eigenvalue weighted by molar-refractivity contribution is 5.89. The Bertz CT molecular complexity index is 614. The molecule has 1 rings (SSSR count). The van der Waals surface area contributed by atoms with Crippen LogP contribution in [0.15, 0.2) is 18.2 Å². The van der Waals surface area contributed by atoms with Crippen molar-refractivity contribution in [1.29, 1.82) is 0 Å². The third kappa shape index (κ3) is 12.5. The summed E-state index contributed by atoms with van der Waals surface area (Å²) in [7, 11) is 0. The lowest BCUT2D eigenvalue weighted by molar-refractivity contribution is -0.452. The van der Waals surface area contributed by atoms with Gasteiger partial charge in [0.15, 0.2) is 0 Å². The van der Waals surface area contributed by atoms with E-state index in [-0.39, 0.29) is 6.61 Å². The van der Waals surface area contributed by atoms with Gasteiger partial charge in [0.1, 0.15) is 0 Å². The van der Waals surface area contributed by atoms with Crippen LogP contribution in [0.2, 0.25) is 0 Å². The quantitative estimate of drug-likeness (QED) is 0.122. The van der Waals surface area contributed by atoms with Gasteiger partial charge in [-0.2, -0.15) is 0 Å². The second-order valence-electron chi connectivity index (χ2n) is 7.81. The number of hydrogen-bond donors (Lipinski definition) is 0. The Kier molecular flexibility index (Phi) is 14.4. The molecule has 0 aliphatic carbocycles. The standard InChI is InChI=1S/C24H38O6/c1-4-5-6-7-8-9-10-11-12-13-14-15-18-27-24(26)29-30-28-23(25)22-17-16-20(2)21(3)19-22/h16-17,19H,4-15,18H2,1-3H3. The first-order chi connectivity index (χ1) is 14.5. The summed E-state index contributed by atoms with van der Waals surface area (Å²) in [6.07, 6.45) is 13.8. The summed E-state index contributed by atoms with van der Waals surface area (Å²) in [6, 6.07) is 5.09. The van der Waals surface area contributed by atoms with Gasteiger partial charge in [-0.05, 0) is 43.5 Å². The van der Waals surface area contributed by atoms with Crippen LogP contribution in [-0.2, 0) is 19.6 Å². The fraction of sp³-hybridized carbons (Fsp3) is 0.667. The fourth-order valence-electron chi connectivity index (χ4n) is 3.11. The number of carbonyl (C=O) groups is 2. The van der Waals surface area contributed by atoms with Gasteiger partial charge in [0, 0.05) is 0 Å². The minimum absolute atomic E-state index is 0.255. The average molecular weight is 423 g/mol. The third-order valence-corrected chi connectivity index (χ3v) is 5.17. The van der Waals surface area contributed by atoms with Crippen LogP contribution in [0.3, 0.4) is 0 Å². The molecule has 170 valence electrons. The van der Waals surface area contributed by atoms with Crippen molar-refractivity contribution >= 4 is 12.1 Å². The van der Waals surface area contributed by atoms with Gasteiger partial charge in [0.2, 0.25) is 0 Å². The Hall–Kier alpha value is -2.08. The van der Waals surface area contributed by atoms with Crippen LogP contribution in [-0.4, -0.2) is 18.7 Å². The Labute approximate surface area is 181 Å². The van der Waals surface area contributed by atoms with Gasteiger partial charge in [-0.25, -0.2) is 14.5 Å². The molecule has 0 amide bonds. The summed E-state index contributed by atoms with van der Waals surface area (Å²) in [5.41, 5.74) is 2.32. The zero-order chi connectivity index (χ0) is 22.0. The van der Waals surface area contributed by atoms with Crippen molar-refractivity contribution in [3.63, 3.8) is 0 Å². The van der Waals surface area contributed by atoms with Crippen LogP contribution in [0.4, 0.5) is 4.79 Å². The van der Waals surface area contributed by atoms with Crippen molar-refractivity contribution in [3.8, 4) is 0 Å². The maximum absolute atomic E-state index is 11.8. The maximum atomic E-state index is 11.8. The van der Waals surface area contributed by atoms with E-state index in [4.69, 9.17) is 4.74 Å². The van der Waals surface area contributed by atoms with E-state index in [2.05, 4.69) is 21.7 Å². The molecule has 0 saturated heterocycles. The SMILES string of the molecule is CCCCCCCCCCCCCCOC(=O)OOOC(=O)c1ccc(C)c(C)c1. The number of benzene rings is 1. The Morgan fingerprint density at radius 3 is 1.87 bits per heavy atom. The lowest BCUT2D eigenvalue weighted by Crippen LogP contribution is -2.12. The fourth-order valence-corrected chi connectivity index (χ4v) is 3.11. The molecule has 0 aliphatic rings. The summed E-state index contributed by atoms with van der Waals surface area (Å²) < 4.78 is 4.88. The van der Waals surface area contributed by atoms with E-state index in [0.29, 0.717) is 5.56 Å². The Balaban J connectivity index is 1.93. The zero-order valence-corrected chi connectivity index (χ0v) is 18.9. The van der Waals surface area contributed by atoms with Crippen LogP contribution in [0, 0.1) is 13.8 Å². The van der Waals surface area contributed by atoms with Crippen LogP contribution < -0.4 is 0 Å². The third-order valence-electron chi connectivity index (χ3n) is 5.17. The summed E-state index contributed by atoms with van der Waals surface area (Å²) in [5.74, 6) is -0.744. The van der Waals surface area contributed by atoms with E-state index in [0.717, 1.165) is 30.4 Å². The normalized spacial score (nSPS) is 10.6. The molecule has 0 saturated carbocycles. The number of ether oxygens (including phenoxy) is 1. The molecule has 6 heteroatoms. The van der Waals surface area contributed by atoms with Crippen molar-refractivity contribution in [3.05, 3.63) is 34.9 Å². The van der Waals surface area contributed by atoms with Gasteiger partial charge in [-0.15, -0.1) is 0 Å². The molecular weight excluding hydrogens is 384 g/mol. The summed E-state index contributed by atoms with van der Waals surface area (Å²) in [4.78, 5) is 31.9. The Morgan fingerprint density at radius 1 is 0.733 bits per heavy atom. The number of unbranched alkanes of at least 4 members (excludes halogenated alkanes) is 11. The molecule has 6 nitrogen and oxygen atoms in total. The molecule has 1 aromatic carbocycles. The molecule has 0 atom stereocenters. The van der Waals surface area contributed by atoms with Gasteiger partial charge in [0.05, 0.1) is 17.2 Å². The molecule has 1 aromatic rings. The molecule has 0 spiro atoms. The van der Waals surface area contributed by atoms with Crippen molar-refractivity contribution in [2.24, 2.45) is 0 Å². The van der Waals surface area contributed by atoms with Crippen LogP contribution in [0.5, 0.6) is 0 Å². The molecule has 0 aliphatic heterocycles. The van der Waals surface area contributed by atoms with E-state index in [1.54, 1.807) is 18.2 Å². The number of carbonyl (C=O) groups excluding carboxylic acids is 2. The lowest BCUT2D eigenvalue weighted by Gasteiger charge is -2.05. The number of hydrogen-bond acceptors (Lipinski definition) is 6. The zero-order valence-electron chi connectivity index (χ0n) is 18.9. The number of rotatable bonds is 16. The molecule has 0 bridgehead atoms. The number of aryl methyl sites for hydroxylation is 2. The lowest BCUT2D eigenvalue weighted by atomic mass is 10.1. The molecule has 0 N–H and O–H groups in total. The highest BCUT2D eigenvalue weighted by Crippen LogP contribution is 2.13. The minimum atomic E-state index is -1.02. The van der Waals surface area contributed by atoms with E-state index < -0.39 is 12.1 Å². The molecule has 0 radical (unpaired) electrons. The van der Waals surface area contributed by atoms with E-state index >= 15 is 0 Å². The predicted octanol–water partition coefficient (Wildman–Crippen LogP) is 7.16. The maximum Gasteiger partial charge on any atom is 0.543 e. The monoisotopic (exact) mass is 422 g/mol. The molecule has 0 heterocycles. The van der Waals surface area contributed by atoms with Gasteiger partial charge in [-0.3, -0.25) is 4.89 Å². The topological polar surface area (TPSA) is 71.1 Å². The highest BCUT2D eigenvalue weighted by atomic mass is 17.5. The van der Waals surface area contributed by atoms with Gasteiger partial charge in [-0.1, -0.05) is 83.6 Å². The molecule has 0 unspecified atom stereocenters. The second-order valence-corrected chi connectivity index (χ2v) is 7.81. The first-order valence-electron chi connectivity index (χ1n) is 11.3. The van der Waals surface area contributed by atoms with Crippen molar-refractivity contribution in [2.75, 3.05) is 6.61 Å². The van der Waals surface area contributed by atoms with Crippen molar-refractivity contribution in [2.45, 2.75) is 97.8 Å². The highest BCUT2D eigenvalue weighted by Gasteiger charge is 2.12. The molecule has 0 aromatic heterocycles. The van der Waals surface area contributed by atoms with Crippen molar-refractivity contribution < 1.29 is 29.1 Å².